The fourth-order valence-electron chi connectivity index (χ4n) is 2.44. The van der Waals surface area contributed by atoms with Gasteiger partial charge >= 0.3 is 0 Å². The number of aryl methyl sites for hydroxylation is 1. The maximum absolute atomic E-state index is 5.77. The molecular weight excluding hydrogens is 250 g/mol. The van der Waals surface area contributed by atoms with Gasteiger partial charge in [-0.1, -0.05) is 50.3 Å². The van der Waals surface area contributed by atoms with Crippen LogP contribution in [-0.4, -0.2) is 15.0 Å². The maximum Gasteiger partial charge on any atom is 0.0846 e. The smallest absolute Gasteiger partial charge is 0.0846 e. The number of benzene rings is 1. The van der Waals surface area contributed by atoms with Crippen LogP contribution in [0.25, 0.3) is 0 Å². The van der Waals surface area contributed by atoms with Crippen LogP contribution < -0.4 is 11.3 Å². The minimum absolute atomic E-state index is 0.0297. The molecule has 1 atom stereocenters. The van der Waals surface area contributed by atoms with Gasteiger partial charge in [-0.3, -0.25) is 16.0 Å². The van der Waals surface area contributed by atoms with Gasteiger partial charge < -0.3 is 0 Å². The molecule has 0 aliphatic rings. The second kappa shape index (κ2) is 5.73. The Balaban J connectivity index is 2.32. The van der Waals surface area contributed by atoms with Gasteiger partial charge in [0, 0.05) is 19.7 Å². The highest BCUT2D eigenvalue weighted by Gasteiger charge is 2.22. The van der Waals surface area contributed by atoms with E-state index in [9.17, 15) is 0 Å². The Labute approximate surface area is 120 Å². The lowest BCUT2D eigenvalue weighted by atomic mass is 9.81. The summed E-state index contributed by atoms with van der Waals surface area (Å²) in [5.41, 5.74) is 6.43. The molecule has 3 N–H and O–H groups in total. The van der Waals surface area contributed by atoms with E-state index in [0.717, 1.165) is 12.1 Å². The molecule has 0 aliphatic heterocycles. The van der Waals surface area contributed by atoms with Gasteiger partial charge in [0.2, 0.25) is 0 Å². The fourth-order valence-corrected chi connectivity index (χ4v) is 2.44. The molecule has 2 rings (SSSR count). The maximum atomic E-state index is 5.77. The van der Waals surface area contributed by atoms with Gasteiger partial charge in [0.05, 0.1) is 11.7 Å². The first-order chi connectivity index (χ1) is 9.41. The predicted molar refractivity (Wildman–Crippen MR) is 79.9 cm³/mol. The first-order valence-electron chi connectivity index (χ1n) is 6.82. The summed E-state index contributed by atoms with van der Waals surface area (Å²) in [5, 5.41) is 8.11. The van der Waals surface area contributed by atoms with Crippen LogP contribution in [0, 0.1) is 0 Å². The molecule has 0 saturated carbocycles. The summed E-state index contributed by atoms with van der Waals surface area (Å²) in [5.74, 6) is 5.77. The highest BCUT2D eigenvalue weighted by Crippen LogP contribution is 2.30. The molecule has 0 radical (unpaired) electrons. The number of hydrogen-bond acceptors (Lipinski definition) is 4. The van der Waals surface area contributed by atoms with E-state index in [1.807, 2.05) is 19.3 Å². The summed E-state index contributed by atoms with van der Waals surface area (Å²) in [6, 6.07) is 8.44. The molecule has 0 fully saturated rings. The normalized spacial score (nSPS) is 13.4. The molecule has 0 saturated heterocycles. The quantitative estimate of drug-likeness (QED) is 0.659. The third-order valence-electron chi connectivity index (χ3n) is 3.41. The third kappa shape index (κ3) is 3.23. The largest absolute Gasteiger partial charge is 0.271 e. The lowest BCUT2D eigenvalue weighted by molar-refractivity contribution is 0.514. The predicted octanol–water partition coefficient (Wildman–Crippen LogP) is 1.86. The number of hydrogen-bond donors (Lipinski definition) is 2. The summed E-state index contributed by atoms with van der Waals surface area (Å²) in [6.07, 6.45) is 2.64. The van der Waals surface area contributed by atoms with Crippen LogP contribution in [-0.2, 0) is 18.9 Å². The van der Waals surface area contributed by atoms with Gasteiger partial charge in [0.1, 0.15) is 0 Å². The topological polar surface area (TPSA) is 68.8 Å². The number of rotatable bonds is 4. The van der Waals surface area contributed by atoms with Crippen molar-refractivity contribution in [1.82, 2.24) is 20.4 Å². The SMILES string of the molecule is Cn1cc(CC(NN)c2ccccc2C(C)(C)C)nn1. The number of nitrogens with two attached hydrogens (primary N) is 1. The summed E-state index contributed by atoms with van der Waals surface area (Å²) >= 11 is 0. The van der Waals surface area contributed by atoms with E-state index < -0.39 is 0 Å². The Hall–Kier alpha value is -1.72. The molecule has 5 nitrogen and oxygen atoms in total. The Morgan fingerprint density at radius 2 is 2.00 bits per heavy atom. The van der Waals surface area contributed by atoms with Crippen molar-refractivity contribution in [3.63, 3.8) is 0 Å². The zero-order chi connectivity index (χ0) is 14.8. The van der Waals surface area contributed by atoms with Crippen molar-refractivity contribution in [3.8, 4) is 0 Å². The van der Waals surface area contributed by atoms with Crippen LogP contribution >= 0.6 is 0 Å². The average molecular weight is 273 g/mol. The Morgan fingerprint density at radius 3 is 2.55 bits per heavy atom. The molecule has 0 aliphatic carbocycles. The van der Waals surface area contributed by atoms with Gasteiger partial charge in [-0.15, -0.1) is 5.10 Å². The number of nitrogens with one attached hydrogen (secondary N) is 1. The summed E-state index contributed by atoms with van der Waals surface area (Å²) in [7, 11) is 1.87. The zero-order valence-corrected chi connectivity index (χ0v) is 12.6. The number of aromatic nitrogens is 3. The van der Waals surface area contributed by atoms with Crippen LogP contribution in [0.1, 0.15) is 43.6 Å². The van der Waals surface area contributed by atoms with Crippen LogP contribution in [0.5, 0.6) is 0 Å². The third-order valence-corrected chi connectivity index (χ3v) is 3.41. The van der Waals surface area contributed by atoms with Crippen molar-refractivity contribution in [3.05, 3.63) is 47.3 Å². The van der Waals surface area contributed by atoms with Gasteiger partial charge in [-0.25, -0.2) is 0 Å². The Morgan fingerprint density at radius 1 is 1.30 bits per heavy atom. The molecule has 20 heavy (non-hydrogen) atoms. The zero-order valence-electron chi connectivity index (χ0n) is 12.6. The van der Waals surface area contributed by atoms with Crippen molar-refractivity contribution in [2.24, 2.45) is 12.9 Å². The molecule has 2 aromatic rings. The minimum atomic E-state index is 0.0297. The minimum Gasteiger partial charge on any atom is -0.271 e. The molecule has 0 amide bonds. The van der Waals surface area contributed by atoms with E-state index in [1.54, 1.807) is 4.68 Å². The van der Waals surface area contributed by atoms with Gasteiger partial charge in [0.25, 0.3) is 0 Å². The summed E-state index contributed by atoms with van der Waals surface area (Å²) < 4.78 is 1.71. The number of hydrazine groups is 1. The van der Waals surface area contributed by atoms with E-state index >= 15 is 0 Å². The molecule has 1 aromatic carbocycles. The van der Waals surface area contributed by atoms with Crippen molar-refractivity contribution >= 4 is 0 Å². The summed E-state index contributed by atoms with van der Waals surface area (Å²) in [4.78, 5) is 0. The highest BCUT2D eigenvalue weighted by atomic mass is 15.4. The van der Waals surface area contributed by atoms with Gasteiger partial charge in [-0.05, 0) is 16.5 Å². The molecule has 1 aromatic heterocycles. The molecule has 5 heteroatoms. The molecule has 0 bridgehead atoms. The van der Waals surface area contributed by atoms with Crippen LogP contribution in [0.2, 0.25) is 0 Å². The Bertz CT molecular complexity index is 568. The van der Waals surface area contributed by atoms with Crippen LogP contribution in [0.4, 0.5) is 0 Å². The molecule has 1 heterocycles. The van der Waals surface area contributed by atoms with Crippen LogP contribution in [0.3, 0.4) is 0 Å². The molecule has 1 unspecified atom stereocenters. The highest BCUT2D eigenvalue weighted by molar-refractivity contribution is 5.35. The summed E-state index contributed by atoms with van der Waals surface area (Å²) in [6.45, 7) is 6.63. The molecular formula is C15H23N5. The first kappa shape index (κ1) is 14.7. The van der Waals surface area contributed by atoms with E-state index in [4.69, 9.17) is 5.84 Å². The lowest BCUT2D eigenvalue weighted by Crippen LogP contribution is -2.31. The molecule has 108 valence electrons. The van der Waals surface area contributed by atoms with Gasteiger partial charge in [0.15, 0.2) is 0 Å². The average Bonchev–Trinajstić information content (AvgIpc) is 2.80. The van der Waals surface area contributed by atoms with Gasteiger partial charge in [-0.2, -0.15) is 0 Å². The van der Waals surface area contributed by atoms with Crippen LogP contribution in [0.15, 0.2) is 30.5 Å². The lowest BCUT2D eigenvalue weighted by Gasteiger charge is -2.27. The first-order valence-corrected chi connectivity index (χ1v) is 6.82. The van der Waals surface area contributed by atoms with Crippen molar-refractivity contribution in [1.29, 1.82) is 0 Å². The number of nitrogens with zero attached hydrogens (tertiary/aromatic N) is 3. The molecule has 0 spiro atoms. The van der Waals surface area contributed by atoms with E-state index in [2.05, 4.69) is 54.7 Å². The fraction of sp³-hybridized carbons (Fsp3) is 0.467. The van der Waals surface area contributed by atoms with E-state index in [1.165, 1.54) is 11.1 Å². The monoisotopic (exact) mass is 273 g/mol. The second-order valence-electron chi connectivity index (χ2n) is 6.14. The van der Waals surface area contributed by atoms with E-state index in [0.29, 0.717) is 0 Å². The van der Waals surface area contributed by atoms with Crippen molar-refractivity contribution in [2.45, 2.75) is 38.6 Å². The van der Waals surface area contributed by atoms with Crippen molar-refractivity contribution in [2.75, 3.05) is 0 Å². The van der Waals surface area contributed by atoms with E-state index in [-0.39, 0.29) is 11.5 Å². The second-order valence-corrected chi connectivity index (χ2v) is 6.14. The standard InChI is InChI=1S/C15H23N5/c1-15(2,3)13-8-6-5-7-12(13)14(17-16)9-11-10-20(4)19-18-11/h5-8,10,14,17H,9,16H2,1-4H3. The Kier molecular flexibility index (Phi) is 4.20. The van der Waals surface area contributed by atoms with Crippen molar-refractivity contribution < 1.29 is 0 Å².